The molecule has 2 aliphatic heterocycles. The van der Waals surface area contributed by atoms with Crippen molar-refractivity contribution in [1.82, 2.24) is 10.2 Å². The van der Waals surface area contributed by atoms with Gasteiger partial charge in [-0.25, -0.2) is 0 Å². The summed E-state index contributed by atoms with van der Waals surface area (Å²) >= 11 is 0. The topological polar surface area (TPSA) is 49.4 Å². The Labute approximate surface area is 133 Å². The van der Waals surface area contributed by atoms with Gasteiger partial charge in [0.1, 0.15) is 0 Å². The molecule has 2 aliphatic carbocycles. The number of rotatable bonds is 3. The number of nitrogens with zero attached hydrogens (tertiary/aromatic N) is 1. The van der Waals surface area contributed by atoms with Gasteiger partial charge in [-0.2, -0.15) is 0 Å². The Balaban J connectivity index is 1.36. The van der Waals surface area contributed by atoms with Crippen molar-refractivity contribution >= 4 is 11.8 Å². The Morgan fingerprint density at radius 1 is 1.18 bits per heavy atom. The summed E-state index contributed by atoms with van der Waals surface area (Å²) in [6.07, 6.45) is 10.6. The monoisotopic (exact) mass is 304 g/mol. The van der Waals surface area contributed by atoms with E-state index in [1.54, 1.807) is 0 Å². The highest BCUT2D eigenvalue weighted by Crippen LogP contribution is 2.50. The lowest BCUT2D eigenvalue weighted by Crippen LogP contribution is -2.46. The van der Waals surface area contributed by atoms with E-state index < -0.39 is 0 Å². The Hall–Kier alpha value is -1.06. The molecule has 2 heterocycles. The van der Waals surface area contributed by atoms with E-state index in [4.69, 9.17) is 0 Å². The minimum absolute atomic E-state index is 0.0262. The van der Waals surface area contributed by atoms with Crippen LogP contribution in [0.25, 0.3) is 0 Å². The lowest BCUT2D eigenvalue weighted by Gasteiger charge is -2.33. The Kier molecular flexibility index (Phi) is 3.87. The van der Waals surface area contributed by atoms with E-state index in [9.17, 15) is 9.59 Å². The maximum absolute atomic E-state index is 12.8. The first-order valence-corrected chi connectivity index (χ1v) is 9.28. The maximum atomic E-state index is 12.8. The number of likely N-dealkylation sites (tertiary alicyclic amines) is 1. The maximum Gasteiger partial charge on any atom is 0.227 e. The van der Waals surface area contributed by atoms with Crippen molar-refractivity contribution in [2.45, 2.75) is 63.8 Å². The molecule has 0 aromatic carbocycles. The van der Waals surface area contributed by atoms with Crippen molar-refractivity contribution in [2.24, 2.45) is 23.7 Å². The third-order valence-corrected chi connectivity index (χ3v) is 6.73. The second kappa shape index (κ2) is 5.86. The highest BCUT2D eigenvalue weighted by molar-refractivity contribution is 5.84. The lowest BCUT2D eigenvalue weighted by atomic mass is 9.83. The number of amides is 2. The first kappa shape index (κ1) is 14.5. The van der Waals surface area contributed by atoms with Gasteiger partial charge in [-0.15, -0.1) is 0 Å². The van der Waals surface area contributed by atoms with E-state index in [-0.39, 0.29) is 11.8 Å². The van der Waals surface area contributed by atoms with Gasteiger partial charge in [-0.05, 0) is 62.7 Å². The second-order valence-corrected chi connectivity index (χ2v) is 8.04. The molecule has 0 spiro atoms. The third kappa shape index (κ3) is 2.65. The van der Waals surface area contributed by atoms with Crippen LogP contribution >= 0.6 is 0 Å². The second-order valence-electron chi connectivity index (χ2n) is 8.04. The molecule has 2 saturated heterocycles. The molecule has 5 atom stereocenters. The zero-order chi connectivity index (χ0) is 15.1. The molecule has 0 aromatic heterocycles. The summed E-state index contributed by atoms with van der Waals surface area (Å²) < 4.78 is 0. The number of piperidine rings is 1. The highest BCUT2D eigenvalue weighted by atomic mass is 16.2. The van der Waals surface area contributed by atoms with E-state index in [1.807, 2.05) is 0 Å². The van der Waals surface area contributed by atoms with Gasteiger partial charge in [0.15, 0.2) is 0 Å². The van der Waals surface area contributed by atoms with Gasteiger partial charge in [-0.1, -0.05) is 6.42 Å². The van der Waals surface area contributed by atoms with Gasteiger partial charge in [0.05, 0.1) is 5.92 Å². The third-order valence-electron chi connectivity index (χ3n) is 6.73. The fraction of sp³-hybridized carbons (Fsp3) is 0.889. The van der Waals surface area contributed by atoms with Gasteiger partial charge in [-0.3, -0.25) is 9.59 Å². The van der Waals surface area contributed by atoms with Gasteiger partial charge in [0.25, 0.3) is 0 Å². The molecule has 4 fully saturated rings. The number of hydrogen-bond donors (Lipinski definition) is 1. The average molecular weight is 304 g/mol. The lowest BCUT2D eigenvalue weighted by molar-refractivity contribution is -0.138. The summed E-state index contributed by atoms with van der Waals surface area (Å²) in [6, 6.07) is 0.481. The van der Waals surface area contributed by atoms with Gasteiger partial charge >= 0.3 is 0 Å². The quantitative estimate of drug-likeness (QED) is 0.870. The van der Waals surface area contributed by atoms with Crippen LogP contribution in [0.3, 0.4) is 0 Å². The summed E-state index contributed by atoms with van der Waals surface area (Å²) in [6.45, 7) is 1.49. The molecular weight excluding hydrogens is 276 g/mol. The largest absolute Gasteiger partial charge is 0.355 e. The Morgan fingerprint density at radius 2 is 2.09 bits per heavy atom. The predicted molar refractivity (Wildman–Crippen MR) is 84.0 cm³/mol. The molecule has 22 heavy (non-hydrogen) atoms. The van der Waals surface area contributed by atoms with Crippen LogP contribution in [-0.2, 0) is 9.59 Å². The molecule has 0 unspecified atom stereocenters. The summed E-state index contributed by atoms with van der Waals surface area (Å²) in [5.41, 5.74) is 0. The Bertz CT molecular complexity index is 454. The number of nitrogens with one attached hydrogen (secondary N) is 1. The predicted octanol–water partition coefficient (Wildman–Crippen LogP) is 2.33. The minimum Gasteiger partial charge on any atom is -0.355 e. The van der Waals surface area contributed by atoms with Crippen LogP contribution in [0.15, 0.2) is 0 Å². The standard InChI is InChI=1S/C18H28N2O2/c21-17-6-5-14(11-19-17)18(22)20-7-1-2-16(20)10-15-9-12-3-4-13(15)8-12/h12-16H,1-11H2,(H,19,21)/t12-,13-,14-,15+,16-/m0/s1. The molecule has 2 saturated carbocycles. The van der Waals surface area contributed by atoms with Gasteiger partial charge < -0.3 is 10.2 Å². The molecule has 4 heteroatoms. The minimum atomic E-state index is 0.0262. The first-order valence-electron chi connectivity index (χ1n) is 9.28. The zero-order valence-corrected chi connectivity index (χ0v) is 13.4. The summed E-state index contributed by atoms with van der Waals surface area (Å²) in [7, 11) is 0. The van der Waals surface area contributed by atoms with E-state index in [0.717, 1.165) is 37.1 Å². The van der Waals surface area contributed by atoms with Crippen LogP contribution in [0.4, 0.5) is 0 Å². The van der Waals surface area contributed by atoms with E-state index in [2.05, 4.69) is 10.2 Å². The average Bonchev–Trinajstić information content (AvgIpc) is 3.24. The van der Waals surface area contributed by atoms with E-state index in [1.165, 1.54) is 38.5 Å². The van der Waals surface area contributed by atoms with E-state index >= 15 is 0 Å². The molecule has 4 aliphatic rings. The number of carbonyl (C=O) groups excluding carboxylic acids is 2. The van der Waals surface area contributed by atoms with Crippen LogP contribution in [0.5, 0.6) is 0 Å². The van der Waals surface area contributed by atoms with Crippen LogP contribution in [0.2, 0.25) is 0 Å². The van der Waals surface area contributed by atoms with Crippen LogP contribution in [0, 0.1) is 23.7 Å². The van der Waals surface area contributed by atoms with Crippen molar-refractivity contribution in [1.29, 1.82) is 0 Å². The van der Waals surface area contributed by atoms with Crippen molar-refractivity contribution < 1.29 is 9.59 Å². The summed E-state index contributed by atoms with van der Waals surface area (Å²) in [5, 5.41) is 2.86. The molecular formula is C18H28N2O2. The fourth-order valence-electron chi connectivity index (χ4n) is 5.56. The van der Waals surface area contributed by atoms with Gasteiger partial charge in [0, 0.05) is 25.6 Å². The molecule has 2 amide bonds. The molecule has 2 bridgehead atoms. The Morgan fingerprint density at radius 3 is 2.77 bits per heavy atom. The SMILES string of the molecule is O=C1CC[C@H](C(=O)N2CCC[C@H]2C[C@H]2C[C@H]3CC[C@H]2C3)CN1. The highest BCUT2D eigenvalue weighted by Gasteiger charge is 2.42. The normalized spacial score (nSPS) is 41.0. The van der Waals surface area contributed by atoms with Crippen molar-refractivity contribution in [3.05, 3.63) is 0 Å². The fourth-order valence-corrected chi connectivity index (χ4v) is 5.56. The number of hydrogen-bond acceptors (Lipinski definition) is 2. The molecule has 4 rings (SSSR count). The molecule has 0 aromatic rings. The van der Waals surface area contributed by atoms with Crippen molar-refractivity contribution in [2.75, 3.05) is 13.1 Å². The van der Waals surface area contributed by atoms with Gasteiger partial charge in [0.2, 0.25) is 11.8 Å². The molecule has 1 N–H and O–H groups in total. The smallest absolute Gasteiger partial charge is 0.227 e. The van der Waals surface area contributed by atoms with Crippen molar-refractivity contribution in [3.8, 4) is 0 Å². The van der Waals surface area contributed by atoms with Crippen LogP contribution in [-0.4, -0.2) is 35.8 Å². The molecule has 4 nitrogen and oxygen atoms in total. The molecule has 122 valence electrons. The van der Waals surface area contributed by atoms with E-state index in [0.29, 0.717) is 24.9 Å². The van der Waals surface area contributed by atoms with Crippen LogP contribution in [0.1, 0.15) is 57.8 Å². The first-order chi connectivity index (χ1) is 10.7. The summed E-state index contributed by atoms with van der Waals surface area (Å²) in [4.78, 5) is 26.3. The number of fused-ring (bicyclic) bond motifs is 2. The van der Waals surface area contributed by atoms with Crippen LogP contribution < -0.4 is 5.32 Å². The molecule has 0 radical (unpaired) electrons. The zero-order valence-electron chi connectivity index (χ0n) is 13.4. The number of carbonyl (C=O) groups is 2. The summed E-state index contributed by atoms with van der Waals surface area (Å²) in [5.74, 6) is 3.27. The van der Waals surface area contributed by atoms with Crippen molar-refractivity contribution in [3.63, 3.8) is 0 Å².